The SMILES string of the molecule is Cc1cccc2cc(C(=O)NCC3CCCCC3N3CCOCC3)[nH]c12. The van der Waals surface area contributed by atoms with Gasteiger partial charge in [0.1, 0.15) is 5.69 Å². The third-order valence-corrected chi connectivity index (χ3v) is 6.02. The fourth-order valence-electron chi connectivity index (χ4n) is 4.57. The largest absolute Gasteiger partial charge is 0.379 e. The number of rotatable bonds is 4. The summed E-state index contributed by atoms with van der Waals surface area (Å²) in [4.78, 5) is 18.5. The van der Waals surface area contributed by atoms with E-state index in [2.05, 4.69) is 28.2 Å². The zero-order valence-corrected chi connectivity index (χ0v) is 15.6. The molecule has 2 atom stereocenters. The molecule has 5 nitrogen and oxygen atoms in total. The van der Waals surface area contributed by atoms with Crippen LogP contribution in [-0.4, -0.2) is 54.7 Å². The smallest absolute Gasteiger partial charge is 0.267 e. The number of para-hydroxylation sites is 1. The Labute approximate surface area is 155 Å². The van der Waals surface area contributed by atoms with E-state index in [4.69, 9.17) is 4.74 Å². The molecule has 2 N–H and O–H groups in total. The lowest BCUT2D eigenvalue weighted by Crippen LogP contribution is -2.50. The van der Waals surface area contributed by atoms with Crippen molar-refractivity contribution < 1.29 is 9.53 Å². The first-order chi connectivity index (χ1) is 12.7. The molecule has 1 saturated carbocycles. The summed E-state index contributed by atoms with van der Waals surface area (Å²) in [5.41, 5.74) is 2.88. The van der Waals surface area contributed by atoms with Crippen LogP contribution in [0.2, 0.25) is 0 Å². The first-order valence-electron chi connectivity index (χ1n) is 9.91. The van der Waals surface area contributed by atoms with Crippen molar-refractivity contribution >= 4 is 16.8 Å². The molecule has 1 amide bonds. The van der Waals surface area contributed by atoms with Gasteiger partial charge < -0.3 is 15.0 Å². The summed E-state index contributed by atoms with van der Waals surface area (Å²) in [5.74, 6) is 0.545. The molecule has 1 aliphatic carbocycles. The van der Waals surface area contributed by atoms with Crippen LogP contribution >= 0.6 is 0 Å². The van der Waals surface area contributed by atoms with E-state index in [1.807, 2.05) is 18.2 Å². The Hall–Kier alpha value is -1.85. The van der Waals surface area contributed by atoms with Crippen LogP contribution < -0.4 is 5.32 Å². The molecule has 1 saturated heterocycles. The second-order valence-corrected chi connectivity index (χ2v) is 7.69. The average Bonchev–Trinajstić information content (AvgIpc) is 3.13. The van der Waals surface area contributed by atoms with Crippen molar-refractivity contribution in [2.24, 2.45) is 5.92 Å². The molecule has 2 heterocycles. The third-order valence-electron chi connectivity index (χ3n) is 6.02. The van der Waals surface area contributed by atoms with Crippen molar-refractivity contribution in [3.63, 3.8) is 0 Å². The van der Waals surface area contributed by atoms with E-state index in [1.54, 1.807) is 0 Å². The highest BCUT2D eigenvalue weighted by molar-refractivity contribution is 5.98. The number of carbonyl (C=O) groups is 1. The normalized spacial score (nSPS) is 24.7. The van der Waals surface area contributed by atoms with Crippen LogP contribution in [0, 0.1) is 12.8 Å². The number of nitrogens with zero attached hydrogens (tertiary/aromatic N) is 1. The Morgan fingerprint density at radius 1 is 1.27 bits per heavy atom. The molecule has 2 fully saturated rings. The van der Waals surface area contributed by atoms with Gasteiger partial charge in [0.25, 0.3) is 5.91 Å². The number of carbonyl (C=O) groups excluding carboxylic acids is 1. The van der Waals surface area contributed by atoms with Crippen molar-refractivity contribution in [3.05, 3.63) is 35.5 Å². The van der Waals surface area contributed by atoms with Gasteiger partial charge in [0, 0.05) is 36.6 Å². The van der Waals surface area contributed by atoms with Crippen molar-refractivity contribution in [1.82, 2.24) is 15.2 Å². The minimum absolute atomic E-state index is 0.00639. The maximum atomic E-state index is 12.7. The molecular weight excluding hydrogens is 326 g/mol. The number of hydrogen-bond donors (Lipinski definition) is 2. The van der Waals surface area contributed by atoms with Gasteiger partial charge in [-0.1, -0.05) is 31.0 Å². The molecule has 2 aliphatic rings. The van der Waals surface area contributed by atoms with Crippen LogP contribution in [0.3, 0.4) is 0 Å². The van der Waals surface area contributed by atoms with E-state index < -0.39 is 0 Å². The molecular formula is C21H29N3O2. The van der Waals surface area contributed by atoms with Crippen molar-refractivity contribution in [1.29, 1.82) is 0 Å². The van der Waals surface area contributed by atoms with E-state index in [-0.39, 0.29) is 5.91 Å². The number of aromatic amines is 1. The lowest BCUT2D eigenvalue weighted by Gasteiger charge is -2.41. The number of benzene rings is 1. The summed E-state index contributed by atoms with van der Waals surface area (Å²) in [6, 6.07) is 8.68. The van der Waals surface area contributed by atoms with Crippen molar-refractivity contribution in [3.8, 4) is 0 Å². The molecule has 1 aromatic heterocycles. The molecule has 0 radical (unpaired) electrons. The van der Waals surface area contributed by atoms with Crippen molar-refractivity contribution in [2.45, 2.75) is 38.6 Å². The fraction of sp³-hybridized carbons (Fsp3) is 0.571. The second kappa shape index (κ2) is 7.80. The number of morpholine rings is 1. The molecule has 5 heteroatoms. The summed E-state index contributed by atoms with van der Waals surface area (Å²) < 4.78 is 5.50. The zero-order valence-electron chi connectivity index (χ0n) is 15.6. The second-order valence-electron chi connectivity index (χ2n) is 7.69. The summed E-state index contributed by atoms with van der Waals surface area (Å²) in [6.07, 6.45) is 5.01. The van der Waals surface area contributed by atoms with E-state index in [1.165, 1.54) is 31.2 Å². The van der Waals surface area contributed by atoms with Crippen LogP contribution in [0.15, 0.2) is 24.3 Å². The quantitative estimate of drug-likeness (QED) is 0.886. The van der Waals surface area contributed by atoms with Crippen LogP contribution in [0.5, 0.6) is 0 Å². The van der Waals surface area contributed by atoms with E-state index in [0.29, 0.717) is 17.7 Å². The number of aryl methyl sites for hydroxylation is 1. The molecule has 4 rings (SSSR count). The lowest BCUT2D eigenvalue weighted by atomic mass is 9.83. The average molecular weight is 355 g/mol. The summed E-state index contributed by atoms with van der Waals surface area (Å²) in [5, 5.41) is 4.29. The van der Waals surface area contributed by atoms with Gasteiger partial charge in [0.2, 0.25) is 0 Å². The molecule has 1 aromatic carbocycles. The van der Waals surface area contributed by atoms with Crippen LogP contribution in [0.1, 0.15) is 41.7 Å². The summed E-state index contributed by atoms with van der Waals surface area (Å²) in [7, 11) is 0. The molecule has 0 spiro atoms. The Balaban J connectivity index is 1.41. The molecule has 0 bridgehead atoms. The molecule has 140 valence electrons. The van der Waals surface area contributed by atoms with E-state index in [9.17, 15) is 4.79 Å². The maximum absolute atomic E-state index is 12.7. The predicted molar refractivity (Wildman–Crippen MR) is 104 cm³/mol. The topological polar surface area (TPSA) is 57.4 Å². The Morgan fingerprint density at radius 3 is 2.88 bits per heavy atom. The minimum Gasteiger partial charge on any atom is -0.379 e. The fourth-order valence-corrected chi connectivity index (χ4v) is 4.57. The first kappa shape index (κ1) is 17.6. The van der Waals surface area contributed by atoms with E-state index in [0.717, 1.165) is 43.8 Å². The van der Waals surface area contributed by atoms with Gasteiger partial charge in [-0.25, -0.2) is 0 Å². The number of ether oxygens (including phenoxy) is 1. The maximum Gasteiger partial charge on any atom is 0.267 e. The van der Waals surface area contributed by atoms with Crippen LogP contribution in [-0.2, 0) is 4.74 Å². The van der Waals surface area contributed by atoms with Crippen molar-refractivity contribution in [2.75, 3.05) is 32.8 Å². The number of aromatic nitrogens is 1. The zero-order chi connectivity index (χ0) is 17.9. The standard InChI is InChI=1S/C21H29N3O2/c1-15-5-4-7-16-13-18(23-20(15)16)21(25)22-14-17-6-2-3-8-19(17)24-9-11-26-12-10-24/h4-5,7,13,17,19,23H,2-3,6,8-12,14H2,1H3,(H,22,25). The molecule has 26 heavy (non-hydrogen) atoms. The summed E-state index contributed by atoms with van der Waals surface area (Å²) >= 11 is 0. The third kappa shape index (κ3) is 3.64. The highest BCUT2D eigenvalue weighted by Gasteiger charge is 2.31. The van der Waals surface area contributed by atoms with Gasteiger partial charge >= 0.3 is 0 Å². The number of H-pyrrole nitrogens is 1. The number of amides is 1. The minimum atomic E-state index is 0.00639. The van der Waals surface area contributed by atoms with Gasteiger partial charge in [-0.15, -0.1) is 0 Å². The Morgan fingerprint density at radius 2 is 2.08 bits per heavy atom. The monoisotopic (exact) mass is 355 g/mol. The Bertz CT molecular complexity index is 764. The predicted octanol–water partition coefficient (Wildman–Crippen LogP) is 3.10. The number of hydrogen-bond acceptors (Lipinski definition) is 3. The highest BCUT2D eigenvalue weighted by atomic mass is 16.5. The summed E-state index contributed by atoms with van der Waals surface area (Å²) in [6.45, 7) is 6.55. The Kier molecular flexibility index (Phi) is 5.27. The number of fused-ring (bicyclic) bond motifs is 1. The van der Waals surface area contributed by atoms with Crippen LogP contribution in [0.25, 0.3) is 10.9 Å². The molecule has 2 unspecified atom stereocenters. The van der Waals surface area contributed by atoms with Gasteiger partial charge in [0.05, 0.1) is 13.2 Å². The van der Waals surface area contributed by atoms with Crippen LogP contribution in [0.4, 0.5) is 0 Å². The lowest BCUT2D eigenvalue weighted by molar-refractivity contribution is -0.00701. The molecule has 1 aliphatic heterocycles. The van der Waals surface area contributed by atoms with Gasteiger partial charge in [-0.05, 0) is 37.3 Å². The number of nitrogens with one attached hydrogen (secondary N) is 2. The first-order valence-corrected chi connectivity index (χ1v) is 9.91. The highest BCUT2D eigenvalue weighted by Crippen LogP contribution is 2.29. The van der Waals surface area contributed by atoms with E-state index >= 15 is 0 Å². The van der Waals surface area contributed by atoms with Gasteiger partial charge in [-0.2, -0.15) is 0 Å². The molecule has 2 aromatic rings. The van der Waals surface area contributed by atoms with Gasteiger partial charge in [-0.3, -0.25) is 9.69 Å². The van der Waals surface area contributed by atoms with Gasteiger partial charge in [0.15, 0.2) is 0 Å².